The van der Waals surface area contributed by atoms with Gasteiger partial charge in [0.05, 0.1) is 10.9 Å². The van der Waals surface area contributed by atoms with Crippen LogP contribution < -0.4 is 5.32 Å². The Balaban J connectivity index is 2.73. The van der Waals surface area contributed by atoms with Crippen molar-refractivity contribution in [1.82, 2.24) is 5.32 Å². The van der Waals surface area contributed by atoms with Crippen molar-refractivity contribution in [3.05, 3.63) is 35.6 Å². The predicted molar refractivity (Wildman–Crippen MR) is 61.3 cm³/mol. The molecule has 1 aromatic rings. The maximum Gasteiger partial charge on any atom is 0.233 e. The van der Waals surface area contributed by atoms with Gasteiger partial charge in [-0.25, -0.2) is 4.39 Å². The molecule has 82 valence electrons. The summed E-state index contributed by atoms with van der Waals surface area (Å²) < 4.78 is 13.3. The smallest absolute Gasteiger partial charge is 0.233 e. The highest BCUT2D eigenvalue weighted by atomic mass is 79.9. The first kappa shape index (κ1) is 12.2. The molecule has 0 spiro atoms. The van der Waals surface area contributed by atoms with E-state index in [1.54, 1.807) is 32.0 Å². The molecular formula is C11H13BrFNO. The van der Waals surface area contributed by atoms with Crippen molar-refractivity contribution in [2.75, 3.05) is 0 Å². The molecule has 0 radical (unpaired) electrons. The molecule has 0 bridgehead atoms. The highest BCUT2D eigenvalue weighted by Gasteiger charge is 2.15. The summed E-state index contributed by atoms with van der Waals surface area (Å²) in [5.41, 5.74) is 0.499. The number of halogens is 2. The summed E-state index contributed by atoms with van der Waals surface area (Å²) in [7, 11) is 0. The largest absolute Gasteiger partial charge is 0.349 e. The van der Waals surface area contributed by atoms with E-state index in [-0.39, 0.29) is 22.6 Å². The molecule has 4 heteroatoms. The van der Waals surface area contributed by atoms with Gasteiger partial charge in [-0.1, -0.05) is 34.1 Å². The van der Waals surface area contributed by atoms with E-state index in [0.29, 0.717) is 5.56 Å². The molecule has 0 aliphatic heterocycles. The number of nitrogens with one attached hydrogen (secondary N) is 1. The van der Waals surface area contributed by atoms with Crippen LogP contribution in [0.15, 0.2) is 24.3 Å². The lowest BCUT2D eigenvalue weighted by Gasteiger charge is -2.15. The standard InChI is InChI=1S/C11H13BrFNO/c1-7(12)11(15)14-8(2)9-5-3-4-6-10(9)13/h3-8H,1-2H3,(H,14,15)/t7?,8-/m1/s1. The van der Waals surface area contributed by atoms with Gasteiger partial charge in [0.15, 0.2) is 0 Å². The van der Waals surface area contributed by atoms with Gasteiger partial charge in [0.1, 0.15) is 5.82 Å². The zero-order valence-corrected chi connectivity index (χ0v) is 10.2. The number of hydrogen-bond acceptors (Lipinski definition) is 1. The zero-order valence-electron chi connectivity index (χ0n) is 8.63. The Morgan fingerprint density at radius 3 is 2.53 bits per heavy atom. The van der Waals surface area contributed by atoms with E-state index < -0.39 is 0 Å². The third-order valence-electron chi connectivity index (χ3n) is 2.09. The third kappa shape index (κ3) is 3.30. The monoisotopic (exact) mass is 273 g/mol. The van der Waals surface area contributed by atoms with Crippen molar-refractivity contribution in [3.8, 4) is 0 Å². The topological polar surface area (TPSA) is 29.1 Å². The molecule has 2 atom stereocenters. The molecule has 0 aromatic heterocycles. The van der Waals surface area contributed by atoms with Crippen LogP contribution >= 0.6 is 15.9 Å². The number of rotatable bonds is 3. The highest BCUT2D eigenvalue weighted by Crippen LogP contribution is 2.16. The van der Waals surface area contributed by atoms with Gasteiger partial charge in [-0.3, -0.25) is 4.79 Å². The average molecular weight is 274 g/mol. The molecule has 1 unspecified atom stereocenters. The van der Waals surface area contributed by atoms with Crippen LogP contribution in [-0.4, -0.2) is 10.7 Å². The first-order valence-corrected chi connectivity index (χ1v) is 5.63. The van der Waals surface area contributed by atoms with Gasteiger partial charge >= 0.3 is 0 Å². The summed E-state index contributed by atoms with van der Waals surface area (Å²) in [4.78, 5) is 11.1. The normalized spacial score (nSPS) is 14.4. The predicted octanol–water partition coefficient (Wildman–Crippen LogP) is 2.79. The van der Waals surface area contributed by atoms with Crippen molar-refractivity contribution in [2.24, 2.45) is 0 Å². The van der Waals surface area contributed by atoms with Gasteiger partial charge in [0, 0.05) is 5.56 Å². The molecule has 0 aliphatic carbocycles. The minimum Gasteiger partial charge on any atom is -0.349 e. The van der Waals surface area contributed by atoms with Crippen LogP contribution in [0, 0.1) is 5.82 Å². The molecule has 0 saturated carbocycles. The molecular weight excluding hydrogens is 261 g/mol. The second kappa shape index (κ2) is 5.26. The highest BCUT2D eigenvalue weighted by molar-refractivity contribution is 9.10. The number of carbonyl (C=O) groups is 1. The van der Waals surface area contributed by atoms with Crippen LogP contribution in [0.1, 0.15) is 25.5 Å². The fourth-order valence-electron chi connectivity index (χ4n) is 1.23. The molecule has 1 amide bonds. The Kier molecular flexibility index (Phi) is 4.27. The van der Waals surface area contributed by atoms with E-state index in [1.807, 2.05) is 0 Å². The van der Waals surface area contributed by atoms with Crippen LogP contribution in [0.4, 0.5) is 4.39 Å². The number of benzene rings is 1. The lowest BCUT2D eigenvalue weighted by Crippen LogP contribution is -2.32. The molecule has 0 saturated heterocycles. The maximum absolute atomic E-state index is 13.3. The van der Waals surface area contributed by atoms with Crippen molar-refractivity contribution < 1.29 is 9.18 Å². The molecule has 1 aromatic carbocycles. The Morgan fingerprint density at radius 1 is 1.40 bits per heavy atom. The van der Waals surface area contributed by atoms with Gasteiger partial charge < -0.3 is 5.32 Å². The Labute approximate surface area is 97.0 Å². The fraction of sp³-hybridized carbons (Fsp3) is 0.364. The van der Waals surface area contributed by atoms with Crippen molar-refractivity contribution in [2.45, 2.75) is 24.7 Å². The first-order valence-electron chi connectivity index (χ1n) is 4.71. The zero-order chi connectivity index (χ0) is 11.4. The molecule has 0 heterocycles. The lowest BCUT2D eigenvalue weighted by molar-refractivity contribution is -0.120. The van der Waals surface area contributed by atoms with Crippen LogP contribution in [-0.2, 0) is 4.79 Å². The van der Waals surface area contributed by atoms with E-state index in [9.17, 15) is 9.18 Å². The molecule has 0 aliphatic rings. The molecule has 1 rings (SSSR count). The van der Waals surface area contributed by atoms with Gasteiger partial charge in [-0.15, -0.1) is 0 Å². The van der Waals surface area contributed by atoms with Crippen LogP contribution in [0.2, 0.25) is 0 Å². The van der Waals surface area contributed by atoms with Crippen LogP contribution in [0.5, 0.6) is 0 Å². The second-order valence-corrected chi connectivity index (χ2v) is 4.74. The molecule has 1 N–H and O–H groups in total. The fourth-order valence-corrected chi connectivity index (χ4v) is 1.36. The SMILES string of the molecule is CC(Br)C(=O)N[C@H](C)c1ccccc1F. The lowest BCUT2D eigenvalue weighted by atomic mass is 10.1. The molecule has 0 fully saturated rings. The number of hydrogen-bond donors (Lipinski definition) is 1. The van der Waals surface area contributed by atoms with Crippen molar-refractivity contribution >= 4 is 21.8 Å². The Hall–Kier alpha value is -0.900. The van der Waals surface area contributed by atoms with E-state index in [2.05, 4.69) is 21.2 Å². The van der Waals surface area contributed by atoms with E-state index in [0.717, 1.165) is 0 Å². The first-order chi connectivity index (χ1) is 7.02. The summed E-state index contributed by atoms with van der Waals surface area (Å²) >= 11 is 3.15. The summed E-state index contributed by atoms with van der Waals surface area (Å²) in [5, 5.41) is 2.71. The van der Waals surface area contributed by atoms with Crippen molar-refractivity contribution in [1.29, 1.82) is 0 Å². The quantitative estimate of drug-likeness (QED) is 0.844. The molecule has 15 heavy (non-hydrogen) atoms. The molecule has 2 nitrogen and oxygen atoms in total. The van der Waals surface area contributed by atoms with E-state index >= 15 is 0 Å². The third-order valence-corrected chi connectivity index (χ3v) is 2.51. The summed E-state index contributed by atoms with van der Waals surface area (Å²) in [5.74, 6) is -0.446. The Bertz CT molecular complexity index is 354. The average Bonchev–Trinajstić information content (AvgIpc) is 2.18. The maximum atomic E-state index is 13.3. The van der Waals surface area contributed by atoms with Gasteiger partial charge in [0.2, 0.25) is 5.91 Å². The van der Waals surface area contributed by atoms with E-state index in [4.69, 9.17) is 0 Å². The Morgan fingerprint density at radius 2 is 2.00 bits per heavy atom. The number of carbonyl (C=O) groups excluding carboxylic acids is 1. The van der Waals surface area contributed by atoms with E-state index in [1.165, 1.54) is 6.07 Å². The van der Waals surface area contributed by atoms with Gasteiger partial charge in [0.25, 0.3) is 0 Å². The summed E-state index contributed by atoms with van der Waals surface area (Å²) in [6.07, 6.45) is 0. The summed E-state index contributed by atoms with van der Waals surface area (Å²) in [6.45, 7) is 3.48. The van der Waals surface area contributed by atoms with Gasteiger partial charge in [-0.2, -0.15) is 0 Å². The summed E-state index contributed by atoms with van der Waals surface area (Å²) in [6, 6.07) is 6.10. The van der Waals surface area contributed by atoms with Crippen LogP contribution in [0.25, 0.3) is 0 Å². The second-order valence-electron chi connectivity index (χ2n) is 3.37. The van der Waals surface area contributed by atoms with Crippen molar-refractivity contribution in [3.63, 3.8) is 0 Å². The minimum atomic E-state index is -0.321. The number of alkyl halides is 1. The number of amides is 1. The minimum absolute atomic E-state index is 0.147. The van der Waals surface area contributed by atoms with Gasteiger partial charge in [-0.05, 0) is 19.9 Å². The van der Waals surface area contributed by atoms with Crippen LogP contribution in [0.3, 0.4) is 0 Å².